The first kappa shape index (κ1) is 10.1. The number of nitrogens with two attached hydrogens (primary N) is 1. The minimum atomic E-state index is -0.137. The maximum absolute atomic E-state index is 8.65. The van der Waals surface area contributed by atoms with Crippen LogP contribution in [0.15, 0.2) is 16.3 Å². The van der Waals surface area contributed by atoms with Gasteiger partial charge in [0.15, 0.2) is 5.57 Å². The number of nitriles is 2. The standard InChI is InChI=1S/C9H11N5/c1-5(2)9-13-7(8(12)14-9)6(3-10)4-11/h5,9,13H,1-2H3,(H2,12,14)/t9-/m1/s1. The second kappa shape index (κ2) is 3.80. The van der Waals surface area contributed by atoms with Crippen molar-refractivity contribution >= 4 is 5.84 Å². The molecule has 0 unspecified atom stereocenters. The topological polar surface area (TPSA) is 98.0 Å². The summed E-state index contributed by atoms with van der Waals surface area (Å²) in [6.45, 7) is 3.96. The summed E-state index contributed by atoms with van der Waals surface area (Å²) in [4.78, 5) is 4.11. The largest absolute Gasteiger partial charge is 0.382 e. The lowest BCUT2D eigenvalue weighted by atomic mass is 10.1. The molecule has 72 valence electrons. The molecule has 5 nitrogen and oxygen atoms in total. The second-order valence-electron chi connectivity index (χ2n) is 3.32. The Morgan fingerprint density at radius 2 is 2.07 bits per heavy atom. The molecule has 1 aliphatic heterocycles. The van der Waals surface area contributed by atoms with Crippen molar-refractivity contribution in [3.63, 3.8) is 0 Å². The number of rotatable bonds is 1. The fraction of sp³-hybridized carbons (Fsp3) is 0.444. The van der Waals surface area contributed by atoms with Crippen LogP contribution in [0.2, 0.25) is 0 Å². The minimum absolute atomic E-state index is 0.0191. The lowest BCUT2D eigenvalue weighted by Gasteiger charge is -2.12. The number of nitrogens with zero attached hydrogens (tertiary/aromatic N) is 3. The van der Waals surface area contributed by atoms with E-state index in [1.807, 2.05) is 13.8 Å². The summed E-state index contributed by atoms with van der Waals surface area (Å²) < 4.78 is 0. The molecule has 0 spiro atoms. The number of aliphatic imine (C=N–C) groups is 1. The van der Waals surface area contributed by atoms with Crippen molar-refractivity contribution in [1.29, 1.82) is 10.5 Å². The second-order valence-corrected chi connectivity index (χ2v) is 3.32. The molecule has 0 saturated carbocycles. The van der Waals surface area contributed by atoms with Gasteiger partial charge >= 0.3 is 0 Å². The zero-order valence-electron chi connectivity index (χ0n) is 8.07. The summed E-state index contributed by atoms with van der Waals surface area (Å²) in [7, 11) is 0. The zero-order chi connectivity index (χ0) is 10.7. The summed E-state index contributed by atoms with van der Waals surface area (Å²) in [5.41, 5.74) is 5.92. The van der Waals surface area contributed by atoms with Gasteiger partial charge in [-0.25, -0.2) is 4.99 Å². The number of hydrogen-bond acceptors (Lipinski definition) is 5. The van der Waals surface area contributed by atoms with Crippen LogP contribution in [0.4, 0.5) is 0 Å². The highest BCUT2D eigenvalue weighted by Gasteiger charge is 2.24. The molecular weight excluding hydrogens is 178 g/mol. The van der Waals surface area contributed by atoms with E-state index in [2.05, 4.69) is 10.3 Å². The number of nitrogens with one attached hydrogen (secondary N) is 1. The van der Waals surface area contributed by atoms with Crippen LogP contribution in [0, 0.1) is 28.6 Å². The van der Waals surface area contributed by atoms with E-state index >= 15 is 0 Å². The van der Waals surface area contributed by atoms with Gasteiger partial charge in [0, 0.05) is 0 Å². The Kier molecular flexibility index (Phi) is 2.73. The molecule has 1 aliphatic rings. The summed E-state index contributed by atoms with van der Waals surface area (Å²) in [5, 5.41) is 20.2. The van der Waals surface area contributed by atoms with Crippen LogP contribution in [0.25, 0.3) is 0 Å². The van der Waals surface area contributed by atoms with Crippen LogP contribution in [0.5, 0.6) is 0 Å². The monoisotopic (exact) mass is 189 g/mol. The van der Waals surface area contributed by atoms with Crippen LogP contribution in [-0.4, -0.2) is 12.0 Å². The quantitative estimate of drug-likeness (QED) is 0.577. The molecule has 1 atom stereocenters. The van der Waals surface area contributed by atoms with E-state index in [0.29, 0.717) is 5.70 Å². The predicted octanol–water partition coefficient (Wildman–Crippen LogP) is 0.230. The molecule has 1 rings (SSSR count). The summed E-state index contributed by atoms with van der Waals surface area (Å²) in [6, 6.07) is 3.56. The molecule has 0 fully saturated rings. The van der Waals surface area contributed by atoms with E-state index in [1.165, 1.54) is 0 Å². The van der Waals surface area contributed by atoms with E-state index in [9.17, 15) is 0 Å². The van der Waals surface area contributed by atoms with E-state index in [4.69, 9.17) is 16.3 Å². The minimum Gasteiger partial charge on any atom is -0.382 e. The Balaban J connectivity index is 3.02. The summed E-state index contributed by atoms with van der Waals surface area (Å²) in [6.07, 6.45) is -0.137. The molecule has 0 amide bonds. The molecule has 0 radical (unpaired) electrons. The molecule has 0 aromatic carbocycles. The third-order valence-electron chi connectivity index (χ3n) is 1.93. The van der Waals surface area contributed by atoms with E-state index in [-0.39, 0.29) is 23.5 Å². The fourth-order valence-electron chi connectivity index (χ4n) is 1.12. The van der Waals surface area contributed by atoms with E-state index < -0.39 is 0 Å². The lowest BCUT2D eigenvalue weighted by Crippen LogP contribution is -2.28. The number of amidine groups is 1. The molecule has 0 aromatic rings. The van der Waals surface area contributed by atoms with Gasteiger partial charge in [0.2, 0.25) is 0 Å². The maximum Gasteiger partial charge on any atom is 0.156 e. The summed E-state index contributed by atoms with van der Waals surface area (Å²) >= 11 is 0. The van der Waals surface area contributed by atoms with Crippen molar-refractivity contribution in [3.05, 3.63) is 11.3 Å². The maximum atomic E-state index is 8.65. The molecule has 0 saturated heterocycles. The van der Waals surface area contributed by atoms with Gasteiger partial charge in [0.25, 0.3) is 0 Å². The van der Waals surface area contributed by atoms with Gasteiger partial charge in [-0.1, -0.05) is 13.8 Å². The molecule has 5 heteroatoms. The van der Waals surface area contributed by atoms with Gasteiger partial charge < -0.3 is 11.1 Å². The lowest BCUT2D eigenvalue weighted by molar-refractivity contribution is 0.467. The van der Waals surface area contributed by atoms with Crippen LogP contribution < -0.4 is 11.1 Å². The van der Waals surface area contributed by atoms with Crippen molar-refractivity contribution in [2.24, 2.45) is 16.6 Å². The molecule has 0 aromatic heterocycles. The van der Waals surface area contributed by atoms with Gasteiger partial charge in [-0.05, 0) is 5.92 Å². The number of hydrogen-bond donors (Lipinski definition) is 2. The van der Waals surface area contributed by atoms with Gasteiger partial charge in [-0.2, -0.15) is 10.5 Å². The Bertz CT molecular complexity index is 361. The first-order chi connectivity index (χ1) is 6.60. The molecule has 3 N–H and O–H groups in total. The highest BCUT2D eigenvalue weighted by atomic mass is 15.2. The normalized spacial score (nSPS) is 19.6. The van der Waals surface area contributed by atoms with Crippen LogP contribution >= 0.6 is 0 Å². The van der Waals surface area contributed by atoms with Crippen LogP contribution in [0.3, 0.4) is 0 Å². The molecule has 1 heterocycles. The highest BCUT2D eigenvalue weighted by molar-refractivity contribution is 6.00. The van der Waals surface area contributed by atoms with E-state index in [1.54, 1.807) is 12.1 Å². The van der Waals surface area contributed by atoms with Gasteiger partial charge in [0.1, 0.15) is 29.8 Å². The average Bonchev–Trinajstić information content (AvgIpc) is 2.51. The van der Waals surface area contributed by atoms with Crippen molar-refractivity contribution < 1.29 is 0 Å². The van der Waals surface area contributed by atoms with Gasteiger partial charge in [0.05, 0.1) is 0 Å². The third-order valence-corrected chi connectivity index (χ3v) is 1.93. The Morgan fingerprint density at radius 1 is 1.50 bits per heavy atom. The Labute approximate surface area is 82.5 Å². The third kappa shape index (κ3) is 1.67. The van der Waals surface area contributed by atoms with Crippen molar-refractivity contribution in [3.8, 4) is 12.1 Å². The Hall–Kier alpha value is -2.01. The number of allylic oxidation sites excluding steroid dienone is 1. The fourth-order valence-corrected chi connectivity index (χ4v) is 1.12. The molecular formula is C9H11N5. The van der Waals surface area contributed by atoms with Crippen molar-refractivity contribution in [2.45, 2.75) is 20.0 Å². The van der Waals surface area contributed by atoms with Crippen molar-refractivity contribution in [2.75, 3.05) is 0 Å². The highest BCUT2D eigenvalue weighted by Crippen LogP contribution is 2.14. The van der Waals surface area contributed by atoms with E-state index in [0.717, 1.165) is 0 Å². The van der Waals surface area contributed by atoms with Gasteiger partial charge in [-0.15, -0.1) is 0 Å². The van der Waals surface area contributed by atoms with Crippen LogP contribution in [0.1, 0.15) is 13.8 Å². The smallest absolute Gasteiger partial charge is 0.156 e. The van der Waals surface area contributed by atoms with Crippen molar-refractivity contribution in [1.82, 2.24) is 5.32 Å². The Morgan fingerprint density at radius 3 is 2.43 bits per heavy atom. The summed E-state index contributed by atoms with van der Waals surface area (Å²) in [5.74, 6) is 0.506. The SMILES string of the molecule is CC(C)[C@H]1N=C(N)C(=C(C#N)C#N)N1. The predicted molar refractivity (Wildman–Crippen MR) is 51.6 cm³/mol. The zero-order valence-corrected chi connectivity index (χ0v) is 8.07. The van der Waals surface area contributed by atoms with Crippen LogP contribution in [-0.2, 0) is 0 Å². The molecule has 0 aliphatic carbocycles. The average molecular weight is 189 g/mol. The molecule has 14 heavy (non-hydrogen) atoms. The van der Waals surface area contributed by atoms with Gasteiger partial charge in [-0.3, -0.25) is 0 Å². The first-order valence-corrected chi connectivity index (χ1v) is 4.24. The molecule has 0 bridgehead atoms. The first-order valence-electron chi connectivity index (χ1n) is 4.24.